The summed E-state index contributed by atoms with van der Waals surface area (Å²) in [4.78, 5) is 0. The summed E-state index contributed by atoms with van der Waals surface area (Å²) < 4.78 is 40.7. The van der Waals surface area contributed by atoms with E-state index in [0.29, 0.717) is 24.2 Å². The average Bonchev–Trinajstić information content (AvgIpc) is 2.58. The van der Waals surface area contributed by atoms with Crippen LogP contribution in [0, 0.1) is 17.5 Å². The Kier molecular flexibility index (Phi) is 2.74. The lowest BCUT2D eigenvalue weighted by Crippen LogP contribution is -2.08. The van der Waals surface area contributed by atoms with Crippen molar-refractivity contribution in [1.82, 2.24) is 15.0 Å². The van der Waals surface area contributed by atoms with Gasteiger partial charge in [-0.1, -0.05) is 12.1 Å². The minimum absolute atomic E-state index is 0.0932. The molecular formula is C10H9F3N4. The van der Waals surface area contributed by atoms with Gasteiger partial charge in [-0.05, 0) is 6.42 Å². The van der Waals surface area contributed by atoms with E-state index in [9.17, 15) is 13.2 Å². The molecular weight excluding hydrogens is 233 g/mol. The lowest BCUT2D eigenvalue weighted by Gasteiger charge is -2.07. The molecule has 4 nitrogen and oxygen atoms in total. The van der Waals surface area contributed by atoms with E-state index in [0.717, 1.165) is 4.68 Å². The number of halogens is 3. The number of rotatable bonds is 2. The molecule has 0 aliphatic heterocycles. The molecule has 0 atom stereocenters. The Bertz CT molecular complexity index is 542. The third-order valence-electron chi connectivity index (χ3n) is 2.32. The maximum Gasteiger partial charge on any atom is 0.169 e. The number of nitrogens with two attached hydrogens (primary N) is 1. The summed E-state index contributed by atoms with van der Waals surface area (Å²) in [5.74, 6) is -3.00. The first kappa shape index (κ1) is 11.4. The summed E-state index contributed by atoms with van der Waals surface area (Å²) >= 11 is 0. The van der Waals surface area contributed by atoms with Crippen molar-refractivity contribution in [1.29, 1.82) is 0 Å². The van der Waals surface area contributed by atoms with E-state index < -0.39 is 23.1 Å². The Labute approximate surface area is 94.9 Å². The summed E-state index contributed by atoms with van der Waals surface area (Å²) in [7, 11) is 0. The Balaban J connectivity index is 2.68. The Morgan fingerprint density at radius 1 is 1.24 bits per heavy atom. The number of hydrogen-bond acceptors (Lipinski definition) is 3. The summed E-state index contributed by atoms with van der Waals surface area (Å²) in [6.07, 6.45) is 0.398. The first-order valence-electron chi connectivity index (χ1n) is 4.89. The molecule has 0 spiro atoms. The second kappa shape index (κ2) is 4.08. The molecule has 0 saturated carbocycles. The zero-order chi connectivity index (χ0) is 12.6. The molecule has 0 radical (unpaired) electrons. The van der Waals surface area contributed by atoms with Crippen molar-refractivity contribution in [3.63, 3.8) is 0 Å². The minimum Gasteiger partial charge on any atom is -0.381 e. The molecule has 0 aliphatic carbocycles. The molecule has 0 fully saturated rings. The van der Waals surface area contributed by atoms with Gasteiger partial charge in [0.2, 0.25) is 0 Å². The molecule has 2 aromatic rings. The molecule has 7 heteroatoms. The first-order valence-corrected chi connectivity index (χ1v) is 4.89. The van der Waals surface area contributed by atoms with Crippen molar-refractivity contribution in [3.05, 3.63) is 35.3 Å². The third-order valence-corrected chi connectivity index (χ3v) is 2.32. The van der Waals surface area contributed by atoms with Gasteiger partial charge in [-0.2, -0.15) is 0 Å². The number of nitrogens with zero attached hydrogens (tertiary/aromatic N) is 3. The van der Waals surface area contributed by atoms with Crippen LogP contribution in [0.25, 0.3) is 5.69 Å². The zero-order valence-corrected chi connectivity index (χ0v) is 8.91. The van der Waals surface area contributed by atoms with E-state index in [1.54, 1.807) is 6.92 Å². The van der Waals surface area contributed by atoms with E-state index in [1.165, 1.54) is 0 Å². The van der Waals surface area contributed by atoms with Gasteiger partial charge in [0.25, 0.3) is 0 Å². The summed E-state index contributed by atoms with van der Waals surface area (Å²) in [6, 6.07) is 1.16. The van der Waals surface area contributed by atoms with Gasteiger partial charge in [0.1, 0.15) is 11.5 Å². The highest BCUT2D eigenvalue weighted by Crippen LogP contribution is 2.22. The van der Waals surface area contributed by atoms with E-state index in [1.807, 2.05) is 0 Å². The SMILES string of the molecule is CCc1c(N)nnn1-c1c(F)cc(F)cc1F. The molecule has 90 valence electrons. The van der Waals surface area contributed by atoms with E-state index in [4.69, 9.17) is 5.73 Å². The fourth-order valence-corrected chi connectivity index (χ4v) is 1.56. The number of anilines is 1. The van der Waals surface area contributed by atoms with Crippen LogP contribution in [0.2, 0.25) is 0 Å². The van der Waals surface area contributed by atoms with E-state index >= 15 is 0 Å². The Morgan fingerprint density at radius 3 is 2.35 bits per heavy atom. The Morgan fingerprint density at radius 2 is 1.82 bits per heavy atom. The van der Waals surface area contributed by atoms with Crippen LogP contribution in [0.5, 0.6) is 0 Å². The molecule has 0 saturated heterocycles. The third kappa shape index (κ3) is 1.83. The minimum atomic E-state index is -1.05. The van der Waals surface area contributed by atoms with Gasteiger partial charge in [-0.3, -0.25) is 0 Å². The second-order valence-electron chi connectivity index (χ2n) is 3.40. The largest absolute Gasteiger partial charge is 0.381 e. The van der Waals surface area contributed by atoms with Gasteiger partial charge in [0, 0.05) is 12.1 Å². The molecule has 2 rings (SSSR count). The maximum atomic E-state index is 13.5. The van der Waals surface area contributed by atoms with Gasteiger partial charge in [0.15, 0.2) is 17.5 Å². The van der Waals surface area contributed by atoms with Crippen LogP contribution in [0.3, 0.4) is 0 Å². The highest BCUT2D eigenvalue weighted by molar-refractivity contribution is 5.42. The van der Waals surface area contributed by atoms with Gasteiger partial charge < -0.3 is 5.73 Å². The van der Waals surface area contributed by atoms with Gasteiger partial charge in [0.05, 0.1) is 5.69 Å². The quantitative estimate of drug-likeness (QED) is 0.874. The molecule has 1 heterocycles. The maximum absolute atomic E-state index is 13.5. The monoisotopic (exact) mass is 242 g/mol. The predicted octanol–water partition coefficient (Wildman–Crippen LogP) is 1.83. The summed E-state index contributed by atoms with van der Waals surface area (Å²) in [5, 5.41) is 7.08. The van der Waals surface area contributed by atoms with Gasteiger partial charge in [-0.15, -0.1) is 5.10 Å². The van der Waals surface area contributed by atoms with Crippen molar-refractivity contribution in [2.45, 2.75) is 13.3 Å². The molecule has 1 aromatic heterocycles. The van der Waals surface area contributed by atoms with Crippen LogP contribution in [0.15, 0.2) is 12.1 Å². The smallest absolute Gasteiger partial charge is 0.169 e. The van der Waals surface area contributed by atoms with E-state index in [2.05, 4.69) is 10.3 Å². The Hall–Kier alpha value is -2.05. The van der Waals surface area contributed by atoms with Crippen molar-refractivity contribution in [3.8, 4) is 5.69 Å². The molecule has 17 heavy (non-hydrogen) atoms. The van der Waals surface area contributed by atoms with Crippen LogP contribution in [0.4, 0.5) is 19.0 Å². The summed E-state index contributed by atoms with van der Waals surface area (Å²) in [5.41, 5.74) is 5.40. The van der Waals surface area contributed by atoms with Crippen LogP contribution < -0.4 is 5.73 Å². The number of benzene rings is 1. The van der Waals surface area contributed by atoms with Crippen molar-refractivity contribution in [2.24, 2.45) is 0 Å². The average molecular weight is 242 g/mol. The topological polar surface area (TPSA) is 56.7 Å². The fourth-order valence-electron chi connectivity index (χ4n) is 1.56. The van der Waals surface area contributed by atoms with Gasteiger partial charge in [-0.25, -0.2) is 17.9 Å². The van der Waals surface area contributed by atoms with Crippen LogP contribution >= 0.6 is 0 Å². The predicted molar refractivity (Wildman–Crippen MR) is 55.0 cm³/mol. The van der Waals surface area contributed by atoms with Crippen molar-refractivity contribution >= 4 is 5.82 Å². The zero-order valence-electron chi connectivity index (χ0n) is 8.91. The fraction of sp³-hybridized carbons (Fsp3) is 0.200. The molecule has 2 N–H and O–H groups in total. The number of nitrogen functional groups attached to an aromatic ring is 1. The molecule has 0 aliphatic rings. The second-order valence-corrected chi connectivity index (χ2v) is 3.40. The van der Waals surface area contributed by atoms with E-state index in [-0.39, 0.29) is 5.82 Å². The summed E-state index contributed by atoms with van der Waals surface area (Å²) in [6.45, 7) is 1.74. The lowest BCUT2D eigenvalue weighted by atomic mass is 10.2. The molecule has 0 unspecified atom stereocenters. The highest BCUT2D eigenvalue weighted by Gasteiger charge is 2.18. The highest BCUT2D eigenvalue weighted by atomic mass is 19.1. The molecule has 0 amide bonds. The first-order chi connectivity index (χ1) is 8.04. The number of hydrogen-bond donors (Lipinski definition) is 1. The lowest BCUT2D eigenvalue weighted by molar-refractivity contribution is 0.523. The van der Waals surface area contributed by atoms with Crippen LogP contribution in [-0.4, -0.2) is 15.0 Å². The molecule has 0 bridgehead atoms. The molecule has 1 aromatic carbocycles. The normalized spacial score (nSPS) is 10.8. The van der Waals surface area contributed by atoms with Crippen molar-refractivity contribution in [2.75, 3.05) is 5.73 Å². The van der Waals surface area contributed by atoms with Gasteiger partial charge >= 0.3 is 0 Å². The standard InChI is InChI=1S/C10H9F3N4/c1-2-8-10(14)15-16-17(8)9-6(12)3-5(11)4-7(9)13/h3-4H,2,14H2,1H3. The number of aromatic nitrogens is 3. The van der Waals surface area contributed by atoms with Crippen molar-refractivity contribution < 1.29 is 13.2 Å². The van der Waals surface area contributed by atoms with Crippen LogP contribution in [0.1, 0.15) is 12.6 Å². The van der Waals surface area contributed by atoms with Crippen LogP contribution in [-0.2, 0) is 6.42 Å².